The quantitative estimate of drug-likeness (QED) is 0.592. The number of allylic oxidation sites excluding steroid dienone is 1. The molecule has 1 amide bonds. The van der Waals surface area contributed by atoms with Gasteiger partial charge in [0.2, 0.25) is 0 Å². The second-order valence-corrected chi connectivity index (χ2v) is 7.32. The SMILES string of the molecule is COc1ccc(C(=O)NCCC2=CCCCC2)cc1COc1ccc(Cl)cc1. The van der Waals surface area contributed by atoms with E-state index in [0.717, 1.165) is 18.4 Å². The van der Waals surface area contributed by atoms with Crippen molar-refractivity contribution in [2.24, 2.45) is 0 Å². The topological polar surface area (TPSA) is 47.6 Å². The van der Waals surface area contributed by atoms with E-state index >= 15 is 0 Å². The Morgan fingerprint density at radius 1 is 1.14 bits per heavy atom. The lowest BCUT2D eigenvalue weighted by Crippen LogP contribution is -2.25. The van der Waals surface area contributed by atoms with Gasteiger partial charge in [0, 0.05) is 22.7 Å². The van der Waals surface area contributed by atoms with Crippen LogP contribution in [0.3, 0.4) is 0 Å². The van der Waals surface area contributed by atoms with Gasteiger partial charge in [0.05, 0.1) is 7.11 Å². The van der Waals surface area contributed by atoms with Gasteiger partial charge in [-0.2, -0.15) is 0 Å². The Kier molecular flexibility index (Phi) is 7.38. The van der Waals surface area contributed by atoms with E-state index in [9.17, 15) is 4.79 Å². The maximum atomic E-state index is 12.5. The fourth-order valence-corrected chi connectivity index (χ4v) is 3.42. The van der Waals surface area contributed by atoms with Gasteiger partial charge in [-0.3, -0.25) is 4.79 Å². The Labute approximate surface area is 171 Å². The standard InChI is InChI=1S/C23H26ClNO3/c1-27-22-12-7-18(23(26)25-14-13-17-5-3-2-4-6-17)15-19(22)16-28-21-10-8-20(24)9-11-21/h5,7-12,15H,2-4,6,13-14,16H2,1H3,(H,25,26). The number of ether oxygens (including phenoxy) is 2. The summed E-state index contributed by atoms with van der Waals surface area (Å²) in [5.74, 6) is 1.33. The molecule has 1 N–H and O–H groups in total. The first kappa shape index (κ1) is 20.3. The first-order valence-corrected chi connectivity index (χ1v) is 10.0. The first-order valence-electron chi connectivity index (χ1n) is 9.67. The third-order valence-corrected chi connectivity index (χ3v) is 5.12. The minimum absolute atomic E-state index is 0.0770. The summed E-state index contributed by atoms with van der Waals surface area (Å²) < 4.78 is 11.2. The molecule has 0 spiro atoms. The molecule has 1 aliphatic carbocycles. The van der Waals surface area contributed by atoms with Crippen molar-refractivity contribution in [2.75, 3.05) is 13.7 Å². The maximum Gasteiger partial charge on any atom is 0.251 e. The van der Waals surface area contributed by atoms with E-state index in [-0.39, 0.29) is 5.91 Å². The molecule has 0 bridgehead atoms. The molecular formula is C23H26ClNO3. The maximum absolute atomic E-state index is 12.5. The van der Waals surface area contributed by atoms with Crippen LogP contribution in [0.4, 0.5) is 0 Å². The third-order valence-electron chi connectivity index (χ3n) is 4.87. The van der Waals surface area contributed by atoms with Gasteiger partial charge in [0.1, 0.15) is 18.1 Å². The van der Waals surface area contributed by atoms with Crippen molar-refractivity contribution >= 4 is 17.5 Å². The number of benzene rings is 2. The van der Waals surface area contributed by atoms with E-state index in [1.54, 1.807) is 31.4 Å². The Hall–Kier alpha value is -2.46. The minimum atomic E-state index is -0.0770. The van der Waals surface area contributed by atoms with Gasteiger partial charge in [0.25, 0.3) is 5.91 Å². The summed E-state index contributed by atoms with van der Waals surface area (Å²) in [4.78, 5) is 12.5. The lowest BCUT2D eigenvalue weighted by atomic mass is 9.97. The van der Waals surface area contributed by atoms with E-state index < -0.39 is 0 Å². The number of carbonyl (C=O) groups excluding carboxylic acids is 1. The van der Waals surface area contributed by atoms with Gasteiger partial charge in [-0.1, -0.05) is 23.3 Å². The average molecular weight is 400 g/mol. The Bertz CT molecular complexity index is 830. The molecule has 28 heavy (non-hydrogen) atoms. The van der Waals surface area contributed by atoms with Gasteiger partial charge in [-0.15, -0.1) is 0 Å². The van der Waals surface area contributed by atoms with Crippen LogP contribution >= 0.6 is 11.6 Å². The summed E-state index contributed by atoms with van der Waals surface area (Å²) in [6.45, 7) is 0.964. The van der Waals surface area contributed by atoms with Gasteiger partial charge in [0.15, 0.2) is 0 Å². The molecule has 0 saturated heterocycles. The van der Waals surface area contributed by atoms with Gasteiger partial charge < -0.3 is 14.8 Å². The van der Waals surface area contributed by atoms with Crippen LogP contribution in [0.5, 0.6) is 11.5 Å². The summed E-state index contributed by atoms with van der Waals surface area (Å²) in [5, 5.41) is 3.67. The highest BCUT2D eigenvalue weighted by molar-refractivity contribution is 6.30. The number of hydrogen-bond acceptors (Lipinski definition) is 3. The zero-order chi connectivity index (χ0) is 19.8. The van der Waals surface area contributed by atoms with Gasteiger partial charge in [-0.25, -0.2) is 0 Å². The molecule has 0 atom stereocenters. The molecule has 0 fully saturated rings. The molecular weight excluding hydrogens is 374 g/mol. The minimum Gasteiger partial charge on any atom is -0.496 e. The van der Waals surface area contributed by atoms with Gasteiger partial charge >= 0.3 is 0 Å². The third kappa shape index (κ3) is 5.77. The lowest BCUT2D eigenvalue weighted by Gasteiger charge is -2.14. The summed E-state index contributed by atoms with van der Waals surface area (Å²) in [6, 6.07) is 12.6. The highest BCUT2D eigenvalue weighted by atomic mass is 35.5. The van der Waals surface area contributed by atoms with E-state index in [4.69, 9.17) is 21.1 Å². The van der Waals surface area contributed by atoms with Crippen LogP contribution in [-0.2, 0) is 6.61 Å². The smallest absolute Gasteiger partial charge is 0.251 e. The van der Waals surface area contributed by atoms with E-state index in [0.29, 0.717) is 35.2 Å². The summed E-state index contributed by atoms with van der Waals surface area (Å²) in [5.41, 5.74) is 2.88. The van der Waals surface area contributed by atoms with Crippen LogP contribution < -0.4 is 14.8 Å². The van der Waals surface area contributed by atoms with Crippen LogP contribution in [-0.4, -0.2) is 19.6 Å². The summed E-state index contributed by atoms with van der Waals surface area (Å²) >= 11 is 5.90. The van der Waals surface area contributed by atoms with Crippen molar-refractivity contribution < 1.29 is 14.3 Å². The number of rotatable bonds is 8. The summed E-state index contributed by atoms with van der Waals surface area (Å²) in [6.07, 6.45) is 8.10. The molecule has 2 aromatic rings. The molecule has 0 saturated carbocycles. The molecule has 0 aliphatic heterocycles. The monoisotopic (exact) mass is 399 g/mol. The van der Waals surface area contributed by atoms with Crippen molar-refractivity contribution in [3.8, 4) is 11.5 Å². The number of amides is 1. The van der Waals surface area contributed by atoms with Crippen LogP contribution in [0.2, 0.25) is 5.02 Å². The van der Waals surface area contributed by atoms with Crippen molar-refractivity contribution in [2.45, 2.75) is 38.7 Å². The second-order valence-electron chi connectivity index (χ2n) is 6.88. The van der Waals surface area contributed by atoms with Crippen LogP contribution in [0.1, 0.15) is 48.0 Å². The predicted octanol–water partition coefficient (Wildman–Crippen LogP) is 5.55. The van der Waals surface area contributed by atoms with Crippen LogP contribution in [0.15, 0.2) is 54.1 Å². The van der Waals surface area contributed by atoms with Crippen LogP contribution in [0.25, 0.3) is 0 Å². The molecule has 0 aromatic heterocycles. The molecule has 4 nitrogen and oxygen atoms in total. The molecule has 5 heteroatoms. The van der Waals surface area contributed by atoms with E-state index in [1.807, 2.05) is 18.2 Å². The van der Waals surface area contributed by atoms with Crippen molar-refractivity contribution in [3.63, 3.8) is 0 Å². The molecule has 1 aliphatic rings. The first-order chi connectivity index (χ1) is 13.7. The number of methoxy groups -OCH3 is 1. The van der Waals surface area contributed by atoms with Crippen molar-refractivity contribution in [1.82, 2.24) is 5.32 Å². The number of halogens is 1. The fraction of sp³-hybridized carbons (Fsp3) is 0.348. The highest BCUT2D eigenvalue weighted by Crippen LogP contribution is 2.23. The molecule has 3 rings (SSSR count). The zero-order valence-corrected chi connectivity index (χ0v) is 16.9. The average Bonchev–Trinajstić information content (AvgIpc) is 2.74. The van der Waals surface area contributed by atoms with E-state index in [2.05, 4.69) is 11.4 Å². The molecule has 0 radical (unpaired) electrons. The molecule has 0 heterocycles. The Balaban J connectivity index is 1.59. The fourth-order valence-electron chi connectivity index (χ4n) is 3.29. The second kappa shape index (κ2) is 10.2. The number of hydrogen-bond donors (Lipinski definition) is 1. The summed E-state index contributed by atoms with van der Waals surface area (Å²) in [7, 11) is 1.61. The van der Waals surface area contributed by atoms with Crippen molar-refractivity contribution in [3.05, 3.63) is 70.3 Å². The molecule has 148 valence electrons. The van der Waals surface area contributed by atoms with E-state index in [1.165, 1.54) is 24.8 Å². The number of carbonyl (C=O) groups is 1. The lowest BCUT2D eigenvalue weighted by molar-refractivity contribution is 0.0954. The van der Waals surface area contributed by atoms with Crippen molar-refractivity contribution in [1.29, 1.82) is 0 Å². The highest BCUT2D eigenvalue weighted by Gasteiger charge is 2.11. The normalized spacial score (nSPS) is 13.6. The Morgan fingerprint density at radius 2 is 1.96 bits per heavy atom. The molecule has 2 aromatic carbocycles. The Morgan fingerprint density at radius 3 is 2.68 bits per heavy atom. The van der Waals surface area contributed by atoms with Crippen LogP contribution in [0, 0.1) is 0 Å². The zero-order valence-electron chi connectivity index (χ0n) is 16.2. The molecule has 0 unspecified atom stereocenters. The number of nitrogens with one attached hydrogen (secondary N) is 1. The largest absolute Gasteiger partial charge is 0.496 e. The predicted molar refractivity (Wildman–Crippen MR) is 112 cm³/mol. The van der Waals surface area contributed by atoms with Gasteiger partial charge in [-0.05, 0) is 74.6 Å².